The maximum Gasteiger partial charge on any atom is 0.243 e. The van der Waals surface area contributed by atoms with Gasteiger partial charge in [-0.15, -0.1) is 0 Å². The zero-order chi connectivity index (χ0) is 21.3. The predicted molar refractivity (Wildman–Crippen MR) is 118 cm³/mol. The fraction of sp³-hybridized carbons (Fsp3) is 0.435. The standard InChI is InChI=1S/C23H27ClN2O3S/c1-16-2-10-21(11-3-16)30(28,29)26-14-12-19(13-15-26)23(27)25-22(17-4-5-17)18-6-8-20(24)9-7-18/h2-3,6-11,17,19,22H,4-5,12-15H2,1H3,(H,25,27). The van der Waals surface area contributed by atoms with Gasteiger partial charge in [0.1, 0.15) is 0 Å². The van der Waals surface area contributed by atoms with Crippen molar-refractivity contribution in [2.75, 3.05) is 13.1 Å². The minimum absolute atomic E-state index is 0.00378. The minimum atomic E-state index is -3.51. The molecule has 1 aliphatic carbocycles. The molecule has 1 atom stereocenters. The van der Waals surface area contributed by atoms with Gasteiger partial charge >= 0.3 is 0 Å². The van der Waals surface area contributed by atoms with Gasteiger partial charge in [0.25, 0.3) is 0 Å². The van der Waals surface area contributed by atoms with E-state index in [0.717, 1.165) is 24.0 Å². The molecule has 160 valence electrons. The Hall–Kier alpha value is -1.89. The van der Waals surface area contributed by atoms with E-state index in [2.05, 4.69) is 5.32 Å². The summed E-state index contributed by atoms with van der Waals surface area (Å²) >= 11 is 6.00. The molecule has 2 aliphatic rings. The van der Waals surface area contributed by atoms with Crippen LogP contribution in [0.25, 0.3) is 0 Å². The number of amides is 1. The van der Waals surface area contributed by atoms with Crippen molar-refractivity contribution >= 4 is 27.5 Å². The molecule has 1 amide bonds. The SMILES string of the molecule is Cc1ccc(S(=O)(=O)N2CCC(C(=O)NC(c3ccc(Cl)cc3)C3CC3)CC2)cc1. The van der Waals surface area contributed by atoms with Gasteiger partial charge in [0, 0.05) is 24.0 Å². The maximum atomic E-state index is 12.9. The molecule has 1 aliphatic heterocycles. The largest absolute Gasteiger partial charge is 0.349 e. The number of aryl methyl sites for hydroxylation is 1. The van der Waals surface area contributed by atoms with Gasteiger partial charge in [0.15, 0.2) is 0 Å². The van der Waals surface area contributed by atoms with Crippen LogP contribution in [0.5, 0.6) is 0 Å². The second-order valence-corrected chi connectivity index (χ2v) is 10.7. The summed E-state index contributed by atoms with van der Waals surface area (Å²) in [6.07, 6.45) is 3.30. The number of hydrogen-bond acceptors (Lipinski definition) is 3. The van der Waals surface area contributed by atoms with Crippen molar-refractivity contribution in [1.82, 2.24) is 9.62 Å². The lowest BCUT2D eigenvalue weighted by atomic mass is 9.95. The van der Waals surface area contributed by atoms with Crippen molar-refractivity contribution in [2.45, 2.75) is 43.5 Å². The summed E-state index contributed by atoms with van der Waals surface area (Å²) in [5.74, 6) is 0.328. The topological polar surface area (TPSA) is 66.5 Å². The molecule has 2 aromatic carbocycles. The first-order valence-corrected chi connectivity index (χ1v) is 12.3. The van der Waals surface area contributed by atoms with Crippen LogP contribution in [-0.2, 0) is 14.8 Å². The molecular formula is C23H27ClN2O3S. The Morgan fingerprint density at radius 2 is 1.60 bits per heavy atom. The second kappa shape index (κ2) is 8.69. The van der Waals surface area contributed by atoms with E-state index in [9.17, 15) is 13.2 Å². The van der Waals surface area contributed by atoms with Gasteiger partial charge < -0.3 is 5.32 Å². The number of nitrogens with zero attached hydrogens (tertiary/aromatic N) is 1. The fourth-order valence-corrected chi connectivity index (χ4v) is 5.66. The average molecular weight is 447 g/mol. The van der Waals surface area contributed by atoms with E-state index >= 15 is 0 Å². The molecule has 0 radical (unpaired) electrons. The number of carbonyl (C=O) groups excluding carboxylic acids is 1. The van der Waals surface area contributed by atoms with Gasteiger partial charge in [-0.1, -0.05) is 41.4 Å². The van der Waals surface area contributed by atoms with E-state index in [4.69, 9.17) is 11.6 Å². The van der Waals surface area contributed by atoms with Crippen LogP contribution in [0.4, 0.5) is 0 Å². The normalized spacial score (nSPS) is 19.4. The number of piperidine rings is 1. The van der Waals surface area contributed by atoms with E-state index in [1.165, 1.54) is 4.31 Å². The lowest BCUT2D eigenvalue weighted by molar-refractivity contribution is -0.127. The number of carbonyl (C=O) groups is 1. The quantitative estimate of drug-likeness (QED) is 0.718. The number of benzene rings is 2. The van der Waals surface area contributed by atoms with Crippen molar-refractivity contribution in [3.05, 3.63) is 64.7 Å². The van der Waals surface area contributed by atoms with Crippen molar-refractivity contribution in [1.29, 1.82) is 0 Å². The van der Waals surface area contributed by atoms with Crippen LogP contribution in [0, 0.1) is 18.8 Å². The zero-order valence-corrected chi connectivity index (χ0v) is 18.6. The molecule has 2 fully saturated rings. The third kappa shape index (κ3) is 4.71. The highest BCUT2D eigenvalue weighted by Gasteiger charge is 2.36. The first kappa shape index (κ1) is 21.3. The highest BCUT2D eigenvalue weighted by atomic mass is 35.5. The Morgan fingerprint density at radius 1 is 1.00 bits per heavy atom. The molecule has 1 saturated carbocycles. The van der Waals surface area contributed by atoms with Crippen molar-refractivity contribution in [2.24, 2.45) is 11.8 Å². The van der Waals surface area contributed by atoms with E-state index < -0.39 is 10.0 Å². The number of sulfonamides is 1. The molecule has 2 aromatic rings. The molecule has 1 heterocycles. The van der Waals surface area contributed by atoms with Gasteiger partial charge in [-0.25, -0.2) is 8.42 Å². The summed E-state index contributed by atoms with van der Waals surface area (Å²) in [6.45, 7) is 2.66. The molecular weight excluding hydrogens is 420 g/mol. The van der Waals surface area contributed by atoms with Crippen LogP contribution >= 0.6 is 11.6 Å². The number of rotatable bonds is 6. The Bertz CT molecular complexity index is 994. The van der Waals surface area contributed by atoms with E-state index in [0.29, 0.717) is 41.8 Å². The van der Waals surface area contributed by atoms with Crippen LogP contribution in [-0.4, -0.2) is 31.7 Å². The fourth-order valence-electron chi connectivity index (χ4n) is 4.06. The van der Waals surface area contributed by atoms with Crippen molar-refractivity contribution in [3.8, 4) is 0 Å². The van der Waals surface area contributed by atoms with Crippen molar-refractivity contribution in [3.63, 3.8) is 0 Å². The monoisotopic (exact) mass is 446 g/mol. The minimum Gasteiger partial charge on any atom is -0.349 e. The van der Waals surface area contributed by atoms with E-state index in [-0.39, 0.29) is 17.9 Å². The first-order valence-electron chi connectivity index (χ1n) is 10.5. The Balaban J connectivity index is 1.38. The maximum absolute atomic E-state index is 12.9. The lowest BCUT2D eigenvalue weighted by Crippen LogP contribution is -2.43. The molecule has 1 unspecified atom stereocenters. The van der Waals surface area contributed by atoms with Gasteiger partial charge in [-0.3, -0.25) is 4.79 Å². The van der Waals surface area contributed by atoms with Gasteiger partial charge in [-0.2, -0.15) is 4.31 Å². The molecule has 30 heavy (non-hydrogen) atoms. The highest BCUT2D eigenvalue weighted by Crippen LogP contribution is 2.41. The summed E-state index contributed by atoms with van der Waals surface area (Å²) in [7, 11) is -3.51. The first-order chi connectivity index (χ1) is 14.3. The average Bonchev–Trinajstić information content (AvgIpc) is 3.58. The van der Waals surface area contributed by atoms with E-state index in [1.54, 1.807) is 12.1 Å². The summed E-state index contributed by atoms with van der Waals surface area (Å²) in [4.78, 5) is 13.3. The summed E-state index contributed by atoms with van der Waals surface area (Å²) in [5.41, 5.74) is 2.10. The summed E-state index contributed by atoms with van der Waals surface area (Å²) in [5, 5.41) is 3.91. The van der Waals surface area contributed by atoms with E-state index in [1.807, 2.05) is 43.3 Å². The molecule has 0 aromatic heterocycles. The summed E-state index contributed by atoms with van der Waals surface area (Å²) in [6, 6.07) is 14.6. The molecule has 1 N–H and O–H groups in total. The van der Waals surface area contributed by atoms with Gasteiger partial charge in [-0.05, 0) is 68.4 Å². The zero-order valence-electron chi connectivity index (χ0n) is 17.1. The van der Waals surface area contributed by atoms with Crippen LogP contribution in [0.15, 0.2) is 53.4 Å². The molecule has 7 heteroatoms. The Labute approximate surface area is 183 Å². The highest BCUT2D eigenvalue weighted by molar-refractivity contribution is 7.89. The Kier molecular flexibility index (Phi) is 6.19. The van der Waals surface area contributed by atoms with Crippen LogP contribution in [0.3, 0.4) is 0 Å². The van der Waals surface area contributed by atoms with Crippen LogP contribution < -0.4 is 5.32 Å². The smallest absolute Gasteiger partial charge is 0.243 e. The third-order valence-electron chi connectivity index (χ3n) is 6.10. The molecule has 0 bridgehead atoms. The number of halogens is 1. The van der Waals surface area contributed by atoms with Gasteiger partial charge in [0.05, 0.1) is 10.9 Å². The second-order valence-electron chi connectivity index (χ2n) is 8.37. The Morgan fingerprint density at radius 3 is 2.17 bits per heavy atom. The lowest BCUT2D eigenvalue weighted by Gasteiger charge is -2.31. The van der Waals surface area contributed by atoms with Crippen LogP contribution in [0.2, 0.25) is 5.02 Å². The predicted octanol–water partition coefficient (Wildman–Crippen LogP) is 4.32. The third-order valence-corrected chi connectivity index (χ3v) is 8.27. The molecule has 5 nitrogen and oxygen atoms in total. The summed E-state index contributed by atoms with van der Waals surface area (Å²) < 4.78 is 27.3. The molecule has 1 saturated heterocycles. The van der Waals surface area contributed by atoms with Crippen LogP contribution in [0.1, 0.15) is 42.9 Å². The van der Waals surface area contributed by atoms with Crippen molar-refractivity contribution < 1.29 is 13.2 Å². The van der Waals surface area contributed by atoms with Gasteiger partial charge in [0.2, 0.25) is 15.9 Å². The molecule has 4 rings (SSSR count). The number of nitrogens with one attached hydrogen (secondary N) is 1. The number of hydrogen-bond donors (Lipinski definition) is 1. The molecule has 0 spiro atoms.